The molecule has 0 saturated carbocycles. The van der Waals surface area contributed by atoms with Gasteiger partial charge in [0, 0.05) is 12.0 Å². The molecule has 0 aliphatic carbocycles. The highest BCUT2D eigenvalue weighted by Gasteiger charge is 2.30. The number of ketones is 1. The molecule has 1 heterocycles. The molecule has 1 atom stereocenters. The van der Waals surface area contributed by atoms with E-state index in [9.17, 15) is 4.79 Å². The molecule has 2 nitrogen and oxygen atoms in total. The molecule has 0 spiro atoms. The fourth-order valence-corrected chi connectivity index (χ4v) is 3.22. The normalized spacial score (nSPS) is 16.4. The molecule has 2 aromatic rings. The standard InChI is InChI=1S/C19H20O2/c1-12-8-13(2)16(14(3)9-12)10-18(20)17-11-21-19-7-5-4-6-15(17)19/h4-9,17H,10-11H2,1-3H3. The van der Waals surface area contributed by atoms with E-state index in [2.05, 4.69) is 32.9 Å². The van der Waals surface area contributed by atoms with E-state index in [1.807, 2.05) is 24.3 Å². The van der Waals surface area contributed by atoms with Gasteiger partial charge in [-0.3, -0.25) is 4.79 Å². The topological polar surface area (TPSA) is 26.3 Å². The first-order valence-corrected chi connectivity index (χ1v) is 7.37. The second-order valence-electron chi connectivity index (χ2n) is 5.92. The third kappa shape index (κ3) is 2.58. The zero-order valence-electron chi connectivity index (χ0n) is 12.8. The minimum Gasteiger partial charge on any atom is -0.492 e. The average molecular weight is 280 g/mol. The van der Waals surface area contributed by atoms with E-state index in [1.165, 1.54) is 16.7 Å². The van der Waals surface area contributed by atoms with Crippen LogP contribution in [0.4, 0.5) is 0 Å². The smallest absolute Gasteiger partial charge is 0.148 e. The SMILES string of the molecule is Cc1cc(C)c(CC(=O)C2COc3ccccc32)c(C)c1. The fourth-order valence-electron chi connectivity index (χ4n) is 3.22. The molecule has 0 aromatic heterocycles. The largest absolute Gasteiger partial charge is 0.492 e. The number of hydrogen-bond donors (Lipinski definition) is 0. The number of hydrogen-bond acceptors (Lipinski definition) is 2. The van der Waals surface area contributed by atoms with E-state index in [-0.39, 0.29) is 11.7 Å². The Labute approximate surface area is 125 Å². The summed E-state index contributed by atoms with van der Waals surface area (Å²) in [5, 5.41) is 0. The minimum absolute atomic E-state index is 0.124. The lowest BCUT2D eigenvalue weighted by atomic mass is 9.89. The summed E-state index contributed by atoms with van der Waals surface area (Å²) in [5.74, 6) is 0.976. The first-order valence-electron chi connectivity index (χ1n) is 7.37. The number of rotatable bonds is 3. The van der Waals surface area contributed by atoms with Crippen LogP contribution in [-0.4, -0.2) is 12.4 Å². The second-order valence-corrected chi connectivity index (χ2v) is 5.92. The Kier molecular flexibility index (Phi) is 3.54. The summed E-state index contributed by atoms with van der Waals surface area (Å²) in [7, 11) is 0. The van der Waals surface area contributed by atoms with Gasteiger partial charge >= 0.3 is 0 Å². The van der Waals surface area contributed by atoms with Crippen molar-refractivity contribution in [3.05, 3.63) is 64.2 Å². The van der Waals surface area contributed by atoms with Gasteiger partial charge in [0.15, 0.2) is 0 Å². The summed E-state index contributed by atoms with van der Waals surface area (Å²) in [4.78, 5) is 12.7. The molecule has 3 rings (SSSR count). The van der Waals surface area contributed by atoms with Crippen LogP contribution in [0.25, 0.3) is 0 Å². The van der Waals surface area contributed by atoms with Gasteiger partial charge in [0.1, 0.15) is 18.1 Å². The Morgan fingerprint density at radius 2 is 1.81 bits per heavy atom. The lowest BCUT2D eigenvalue weighted by Gasteiger charge is -2.13. The highest BCUT2D eigenvalue weighted by atomic mass is 16.5. The molecule has 0 bridgehead atoms. The van der Waals surface area contributed by atoms with Crippen LogP contribution < -0.4 is 4.74 Å². The first kappa shape index (κ1) is 13.9. The lowest BCUT2D eigenvalue weighted by Crippen LogP contribution is -2.17. The lowest BCUT2D eigenvalue weighted by molar-refractivity contribution is -0.120. The summed E-state index contributed by atoms with van der Waals surface area (Å²) < 4.78 is 5.63. The number of fused-ring (bicyclic) bond motifs is 1. The maximum absolute atomic E-state index is 12.7. The van der Waals surface area contributed by atoms with Crippen molar-refractivity contribution in [3.8, 4) is 5.75 Å². The fraction of sp³-hybridized carbons (Fsp3) is 0.316. The number of para-hydroxylation sites is 1. The van der Waals surface area contributed by atoms with Crippen molar-refractivity contribution < 1.29 is 9.53 Å². The average Bonchev–Trinajstić information content (AvgIpc) is 2.86. The van der Waals surface area contributed by atoms with Gasteiger partial charge in [0.2, 0.25) is 0 Å². The van der Waals surface area contributed by atoms with Crippen LogP contribution in [0.15, 0.2) is 36.4 Å². The van der Waals surface area contributed by atoms with E-state index in [1.54, 1.807) is 0 Å². The van der Waals surface area contributed by atoms with Crippen LogP contribution in [0.1, 0.15) is 33.7 Å². The van der Waals surface area contributed by atoms with Crippen LogP contribution >= 0.6 is 0 Å². The summed E-state index contributed by atoms with van der Waals surface area (Å²) in [6.07, 6.45) is 0.486. The van der Waals surface area contributed by atoms with Gasteiger partial charge in [-0.2, -0.15) is 0 Å². The Hall–Kier alpha value is -2.09. The molecule has 0 N–H and O–H groups in total. The summed E-state index contributed by atoms with van der Waals surface area (Å²) in [6, 6.07) is 12.1. The van der Waals surface area contributed by atoms with Gasteiger partial charge in [0.25, 0.3) is 0 Å². The van der Waals surface area contributed by atoms with Crippen molar-refractivity contribution in [1.29, 1.82) is 0 Å². The molecular weight excluding hydrogens is 260 g/mol. The van der Waals surface area contributed by atoms with Gasteiger partial charge in [-0.05, 0) is 43.5 Å². The molecule has 0 radical (unpaired) electrons. The molecule has 0 saturated heterocycles. The van der Waals surface area contributed by atoms with Crippen molar-refractivity contribution in [2.24, 2.45) is 0 Å². The summed E-state index contributed by atoms with van der Waals surface area (Å²) >= 11 is 0. The van der Waals surface area contributed by atoms with E-state index >= 15 is 0 Å². The Morgan fingerprint density at radius 1 is 1.14 bits per heavy atom. The molecule has 21 heavy (non-hydrogen) atoms. The Morgan fingerprint density at radius 3 is 2.52 bits per heavy atom. The highest BCUT2D eigenvalue weighted by Crippen LogP contribution is 2.35. The van der Waals surface area contributed by atoms with Gasteiger partial charge in [0.05, 0.1) is 5.92 Å². The predicted molar refractivity (Wildman–Crippen MR) is 84.0 cm³/mol. The molecular formula is C19H20O2. The van der Waals surface area contributed by atoms with Crippen LogP contribution in [0.2, 0.25) is 0 Å². The molecule has 1 unspecified atom stereocenters. The molecule has 108 valence electrons. The number of ether oxygens (including phenoxy) is 1. The van der Waals surface area contributed by atoms with Crippen LogP contribution in [0, 0.1) is 20.8 Å². The van der Waals surface area contributed by atoms with Crippen LogP contribution in [-0.2, 0) is 11.2 Å². The highest BCUT2D eigenvalue weighted by molar-refractivity contribution is 5.89. The first-order chi connectivity index (χ1) is 10.1. The number of aryl methyl sites for hydroxylation is 3. The molecule has 2 aromatic carbocycles. The zero-order chi connectivity index (χ0) is 15.0. The molecule has 0 fully saturated rings. The summed E-state index contributed by atoms with van der Waals surface area (Å²) in [6.45, 7) is 6.73. The number of benzene rings is 2. The van der Waals surface area contributed by atoms with E-state index in [0.717, 1.165) is 16.9 Å². The van der Waals surface area contributed by atoms with Crippen LogP contribution in [0.5, 0.6) is 5.75 Å². The van der Waals surface area contributed by atoms with Gasteiger partial charge in [-0.15, -0.1) is 0 Å². The number of Topliss-reactive ketones (excluding diaryl/α,β-unsaturated/α-hetero) is 1. The molecule has 1 aliphatic heterocycles. The third-order valence-electron chi connectivity index (χ3n) is 4.28. The monoisotopic (exact) mass is 280 g/mol. The van der Waals surface area contributed by atoms with Crippen LogP contribution in [0.3, 0.4) is 0 Å². The number of carbonyl (C=O) groups excluding carboxylic acids is 1. The molecule has 2 heteroatoms. The quantitative estimate of drug-likeness (QED) is 0.852. The molecule has 1 aliphatic rings. The summed E-state index contributed by atoms with van der Waals surface area (Å²) in [5.41, 5.74) is 5.84. The van der Waals surface area contributed by atoms with E-state index in [4.69, 9.17) is 4.74 Å². The Bertz CT molecular complexity index is 677. The zero-order valence-corrected chi connectivity index (χ0v) is 12.8. The van der Waals surface area contributed by atoms with Gasteiger partial charge in [-0.1, -0.05) is 35.9 Å². The van der Waals surface area contributed by atoms with Gasteiger partial charge in [-0.25, -0.2) is 0 Å². The minimum atomic E-state index is -0.124. The van der Waals surface area contributed by atoms with E-state index in [0.29, 0.717) is 13.0 Å². The second kappa shape index (κ2) is 5.36. The third-order valence-corrected chi connectivity index (χ3v) is 4.28. The van der Waals surface area contributed by atoms with E-state index < -0.39 is 0 Å². The maximum Gasteiger partial charge on any atom is 0.148 e. The Balaban J connectivity index is 1.86. The van der Waals surface area contributed by atoms with Gasteiger partial charge < -0.3 is 4.74 Å². The predicted octanol–water partition coefficient (Wildman–Crippen LogP) is 3.90. The van der Waals surface area contributed by atoms with Crippen molar-refractivity contribution >= 4 is 5.78 Å². The molecule has 0 amide bonds. The van der Waals surface area contributed by atoms with Crippen molar-refractivity contribution in [2.75, 3.05) is 6.61 Å². The number of carbonyl (C=O) groups is 1. The van der Waals surface area contributed by atoms with Crippen molar-refractivity contribution in [3.63, 3.8) is 0 Å². The van der Waals surface area contributed by atoms with Crippen molar-refractivity contribution in [2.45, 2.75) is 33.1 Å². The maximum atomic E-state index is 12.7. The van der Waals surface area contributed by atoms with Crippen molar-refractivity contribution in [1.82, 2.24) is 0 Å².